The molecule has 3 N–H and O–H groups in total. The third-order valence-corrected chi connectivity index (χ3v) is 3.89. The molecule has 1 atom stereocenters. The molecule has 3 nitrogen and oxygen atoms in total. The maximum Gasteiger partial charge on any atom is 0.240 e. The molecule has 2 rings (SSSR count). The van der Waals surface area contributed by atoms with Crippen LogP contribution in [-0.2, 0) is 4.79 Å². The molecule has 1 saturated carbocycles. The van der Waals surface area contributed by atoms with Gasteiger partial charge in [0, 0.05) is 4.47 Å². The van der Waals surface area contributed by atoms with Crippen molar-refractivity contribution in [2.24, 2.45) is 5.73 Å². The Morgan fingerprint density at radius 1 is 1.53 bits per heavy atom. The molecule has 1 fully saturated rings. The second-order valence-corrected chi connectivity index (χ2v) is 5.68. The number of hydrogen-bond acceptors (Lipinski definition) is 2. The lowest BCUT2D eigenvalue weighted by molar-refractivity contribution is -0.129. The van der Waals surface area contributed by atoms with Crippen LogP contribution in [-0.4, -0.2) is 11.4 Å². The minimum atomic E-state index is -0.625. The van der Waals surface area contributed by atoms with Crippen LogP contribution in [0.25, 0.3) is 0 Å². The molecule has 0 spiro atoms. The largest absolute Gasteiger partial charge is 0.348 e. The van der Waals surface area contributed by atoms with Crippen molar-refractivity contribution in [1.29, 1.82) is 0 Å². The number of nitrogens with two attached hydrogens (primary N) is 1. The van der Waals surface area contributed by atoms with E-state index in [1.54, 1.807) is 0 Å². The monoisotopic (exact) mass is 296 g/mol. The van der Waals surface area contributed by atoms with Crippen LogP contribution in [0.4, 0.5) is 0 Å². The van der Waals surface area contributed by atoms with Crippen LogP contribution in [0.5, 0.6) is 0 Å². The molecule has 0 radical (unpaired) electrons. The van der Waals surface area contributed by atoms with Gasteiger partial charge in [0.15, 0.2) is 0 Å². The van der Waals surface area contributed by atoms with Gasteiger partial charge in [0.05, 0.1) is 11.6 Å². The topological polar surface area (TPSA) is 55.1 Å². The normalized spacial score (nSPS) is 19.2. The fourth-order valence-corrected chi connectivity index (χ4v) is 2.40. The fraction of sp³-hybridized carbons (Fsp3) is 0.462. The first kappa shape index (κ1) is 12.6. The summed E-state index contributed by atoms with van der Waals surface area (Å²) in [5.41, 5.74) is 6.44. The highest BCUT2D eigenvalue weighted by molar-refractivity contribution is 9.10. The van der Waals surface area contributed by atoms with E-state index in [2.05, 4.69) is 21.2 Å². The smallest absolute Gasteiger partial charge is 0.240 e. The molecule has 1 aliphatic carbocycles. The highest BCUT2D eigenvalue weighted by atomic mass is 79.9. The summed E-state index contributed by atoms with van der Waals surface area (Å²) in [7, 11) is 0. The van der Waals surface area contributed by atoms with E-state index in [4.69, 9.17) is 5.73 Å². The van der Waals surface area contributed by atoms with Gasteiger partial charge in [0.1, 0.15) is 0 Å². The van der Waals surface area contributed by atoms with E-state index in [1.165, 1.54) is 0 Å². The van der Waals surface area contributed by atoms with Crippen LogP contribution in [0, 0.1) is 0 Å². The number of carbonyl (C=O) groups excluding carboxylic acids is 1. The van der Waals surface area contributed by atoms with E-state index >= 15 is 0 Å². The summed E-state index contributed by atoms with van der Waals surface area (Å²) in [5.74, 6) is -0.0313. The number of nitrogens with one attached hydrogen (secondary N) is 1. The lowest BCUT2D eigenvalue weighted by Crippen LogP contribution is -2.58. The van der Waals surface area contributed by atoms with Gasteiger partial charge in [-0.15, -0.1) is 0 Å². The zero-order valence-corrected chi connectivity index (χ0v) is 11.5. The quantitative estimate of drug-likeness (QED) is 0.900. The van der Waals surface area contributed by atoms with Crippen LogP contribution in [0.1, 0.15) is 37.8 Å². The molecule has 0 bridgehead atoms. The Bertz CT molecular complexity index is 429. The number of halogens is 1. The zero-order valence-electron chi connectivity index (χ0n) is 9.87. The minimum Gasteiger partial charge on any atom is -0.348 e. The van der Waals surface area contributed by atoms with E-state index in [9.17, 15) is 4.79 Å². The Kier molecular flexibility index (Phi) is 3.54. The summed E-state index contributed by atoms with van der Waals surface area (Å²) in [6.07, 6.45) is 2.64. The number of hydrogen-bond donors (Lipinski definition) is 2. The molecule has 1 aromatic carbocycles. The standard InChI is InChI=1S/C13H17BrN2O/c1-9(10-4-2-5-11(14)8-10)16-12(17)13(15)6-3-7-13/h2,4-5,8-9H,3,6-7,15H2,1H3,(H,16,17). The summed E-state index contributed by atoms with van der Waals surface area (Å²) < 4.78 is 1.02. The molecule has 4 heteroatoms. The van der Waals surface area contributed by atoms with Gasteiger partial charge in [0.25, 0.3) is 0 Å². The van der Waals surface area contributed by atoms with Gasteiger partial charge >= 0.3 is 0 Å². The Morgan fingerprint density at radius 3 is 2.76 bits per heavy atom. The van der Waals surface area contributed by atoms with Crippen LogP contribution in [0.15, 0.2) is 28.7 Å². The van der Waals surface area contributed by atoms with Crippen molar-refractivity contribution in [3.05, 3.63) is 34.3 Å². The first-order chi connectivity index (χ1) is 8.01. The summed E-state index contributed by atoms with van der Waals surface area (Å²) in [6.45, 7) is 1.97. The Labute approximate surface area is 110 Å². The second-order valence-electron chi connectivity index (χ2n) is 4.76. The van der Waals surface area contributed by atoms with Crippen molar-refractivity contribution in [2.45, 2.75) is 37.8 Å². The van der Waals surface area contributed by atoms with Crippen molar-refractivity contribution >= 4 is 21.8 Å². The van der Waals surface area contributed by atoms with Crippen LogP contribution >= 0.6 is 15.9 Å². The predicted octanol–water partition coefficient (Wildman–Crippen LogP) is 2.51. The minimum absolute atomic E-state index is 0.0129. The van der Waals surface area contributed by atoms with Crippen molar-refractivity contribution in [1.82, 2.24) is 5.32 Å². The first-order valence-electron chi connectivity index (χ1n) is 5.86. The van der Waals surface area contributed by atoms with Crippen LogP contribution < -0.4 is 11.1 Å². The molecule has 1 amide bonds. The summed E-state index contributed by atoms with van der Waals surface area (Å²) in [4.78, 5) is 12.0. The number of amides is 1. The number of carbonyl (C=O) groups is 1. The van der Waals surface area contributed by atoms with Gasteiger partial charge in [-0.3, -0.25) is 4.79 Å². The van der Waals surface area contributed by atoms with E-state index in [0.717, 1.165) is 29.3 Å². The van der Waals surface area contributed by atoms with E-state index in [0.29, 0.717) is 0 Å². The van der Waals surface area contributed by atoms with Crippen LogP contribution in [0.2, 0.25) is 0 Å². The third-order valence-electron chi connectivity index (χ3n) is 3.39. The van der Waals surface area contributed by atoms with Crippen molar-refractivity contribution in [3.63, 3.8) is 0 Å². The summed E-state index contributed by atoms with van der Waals surface area (Å²) >= 11 is 3.42. The van der Waals surface area contributed by atoms with E-state index in [1.807, 2.05) is 31.2 Å². The summed E-state index contributed by atoms with van der Waals surface area (Å²) in [5, 5.41) is 2.98. The summed E-state index contributed by atoms with van der Waals surface area (Å²) in [6, 6.07) is 7.92. The predicted molar refractivity (Wildman–Crippen MR) is 71.5 cm³/mol. The van der Waals surface area contributed by atoms with Crippen molar-refractivity contribution < 1.29 is 4.79 Å². The van der Waals surface area contributed by atoms with Gasteiger partial charge in [0.2, 0.25) is 5.91 Å². The molecule has 0 aliphatic heterocycles. The molecule has 92 valence electrons. The van der Waals surface area contributed by atoms with Gasteiger partial charge in [-0.05, 0) is 43.9 Å². The zero-order chi connectivity index (χ0) is 12.5. The molecular weight excluding hydrogens is 280 g/mol. The third kappa shape index (κ3) is 2.69. The SMILES string of the molecule is CC(NC(=O)C1(N)CCC1)c1cccc(Br)c1. The average molecular weight is 297 g/mol. The van der Waals surface area contributed by atoms with Gasteiger partial charge in [-0.2, -0.15) is 0 Å². The van der Waals surface area contributed by atoms with Crippen molar-refractivity contribution in [3.8, 4) is 0 Å². The van der Waals surface area contributed by atoms with Crippen LogP contribution in [0.3, 0.4) is 0 Å². The molecule has 1 aromatic rings. The Balaban J connectivity index is 2.01. The highest BCUT2D eigenvalue weighted by Gasteiger charge is 2.40. The fourth-order valence-electron chi connectivity index (χ4n) is 1.98. The van der Waals surface area contributed by atoms with E-state index in [-0.39, 0.29) is 11.9 Å². The second kappa shape index (κ2) is 4.78. The van der Waals surface area contributed by atoms with Crippen molar-refractivity contribution in [2.75, 3.05) is 0 Å². The first-order valence-corrected chi connectivity index (χ1v) is 6.66. The molecule has 0 saturated heterocycles. The van der Waals surface area contributed by atoms with E-state index < -0.39 is 5.54 Å². The number of rotatable bonds is 3. The maximum absolute atomic E-state index is 12.0. The van der Waals surface area contributed by atoms with Gasteiger partial charge in [-0.25, -0.2) is 0 Å². The Morgan fingerprint density at radius 2 is 2.24 bits per heavy atom. The lowest BCUT2D eigenvalue weighted by atomic mass is 9.77. The molecular formula is C13H17BrN2O. The number of benzene rings is 1. The molecule has 17 heavy (non-hydrogen) atoms. The van der Waals surface area contributed by atoms with Gasteiger partial charge < -0.3 is 11.1 Å². The molecule has 1 unspecified atom stereocenters. The Hall–Kier alpha value is -0.870. The average Bonchev–Trinajstić information content (AvgIpc) is 2.25. The molecule has 0 aromatic heterocycles. The maximum atomic E-state index is 12.0. The lowest BCUT2D eigenvalue weighted by Gasteiger charge is -2.37. The van der Waals surface area contributed by atoms with Gasteiger partial charge in [-0.1, -0.05) is 28.1 Å². The molecule has 1 aliphatic rings. The molecule has 0 heterocycles. The highest BCUT2D eigenvalue weighted by Crippen LogP contribution is 2.30.